The Bertz CT molecular complexity index is 2820. The Morgan fingerprint density at radius 1 is 0.417 bits per heavy atom. The maximum absolute atomic E-state index is 6.55. The van der Waals surface area contributed by atoms with Gasteiger partial charge in [-0.2, -0.15) is 0 Å². The van der Waals surface area contributed by atoms with Gasteiger partial charge in [-0.05, 0) is 29.3 Å². The van der Waals surface area contributed by atoms with Gasteiger partial charge in [-0.1, -0.05) is 133 Å². The van der Waals surface area contributed by atoms with Gasteiger partial charge in [0.1, 0.15) is 16.0 Å². The smallest absolute Gasteiger partial charge is 0.160 e. The third kappa shape index (κ3) is 4.25. The highest BCUT2D eigenvalue weighted by molar-refractivity contribution is 7.25. The molecule has 0 spiro atoms. The van der Waals surface area contributed by atoms with Crippen LogP contribution < -0.4 is 0 Å². The molecule has 0 fully saturated rings. The first-order valence-corrected chi connectivity index (χ1v) is 16.8. The lowest BCUT2D eigenvalue weighted by Gasteiger charge is -2.10. The minimum absolute atomic E-state index is 0.716. The number of hydrogen-bond acceptors (Lipinski definition) is 5. The summed E-state index contributed by atoms with van der Waals surface area (Å²) in [7, 11) is 0. The molecule has 48 heavy (non-hydrogen) atoms. The van der Waals surface area contributed by atoms with Crippen LogP contribution in [0.1, 0.15) is 0 Å². The lowest BCUT2D eigenvalue weighted by Crippen LogP contribution is -1.95. The van der Waals surface area contributed by atoms with Crippen LogP contribution in [0.15, 0.2) is 156 Å². The molecule has 0 atom stereocenters. The summed E-state index contributed by atoms with van der Waals surface area (Å²) in [6, 6.07) is 52.5. The molecule has 0 saturated heterocycles. The Balaban J connectivity index is 1.04. The Morgan fingerprint density at radius 3 is 1.81 bits per heavy atom. The number of rotatable bonds is 4. The van der Waals surface area contributed by atoms with E-state index in [0.717, 1.165) is 82.3 Å². The predicted octanol–water partition coefficient (Wildman–Crippen LogP) is 12.0. The van der Waals surface area contributed by atoms with Crippen LogP contribution in [0.2, 0.25) is 0 Å². The molecule has 224 valence electrons. The zero-order valence-corrected chi connectivity index (χ0v) is 26.4. The van der Waals surface area contributed by atoms with Gasteiger partial charge in [-0.25, -0.2) is 15.0 Å². The van der Waals surface area contributed by atoms with Crippen molar-refractivity contribution in [3.63, 3.8) is 0 Å². The largest absolute Gasteiger partial charge is 0.455 e. The van der Waals surface area contributed by atoms with Crippen molar-refractivity contribution < 1.29 is 4.42 Å². The highest BCUT2D eigenvalue weighted by Crippen LogP contribution is 2.44. The molecule has 0 aliphatic rings. The fourth-order valence-corrected chi connectivity index (χ4v) is 7.88. The van der Waals surface area contributed by atoms with Crippen molar-refractivity contribution in [2.75, 3.05) is 0 Å². The third-order valence-electron chi connectivity index (χ3n) is 9.13. The summed E-state index contributed by atoms with van der Waals surface area (Å²) in [5.74, 6) is 0.716. The summed E-state index contributed by atoms with van der Waals surface area (Å²) >= 11 is 1.71. The van der Waals surface area contributed by atoms with E-state index >= 15 is 0 Å². The topological polar surface area (TPSA) is 51.8 Å². The summed E-state index contributed by atoms with van der Waals surface area (Å²) in [6.07, 6.45) is 0. The van der Waals surface area contributed by atoms with Crippen LogP contribution in [0.5, 0.6) is 0 Å². The Morgan fingerprint density at radius 2 is 1.02 bits per heavy atom. The summed E-state index contributed by atoms with van der Waals surface area (Å²) in [5.41, 5.74) is 9.97. The van der Waals surface area contributed by atoms with Crippen LogP contribution in [-0.4, -0.2) is 15.0 Å². The average molecular weight is 632 g/mol. The van der Waals surface area contributed by atoms with Crippen LogP contribution >= 0.6 is 11.3 Å². The second kappa shape index (κ2) is 10.7. The Hall–Kier alpha value is -6.17. The number of nitrogens with zero attached hydrogens (tertiary/aromatic N) is 3. The molecule has 0 aliphatic carbocycles. The van der Waals surface area contributed by atoms with E-state index in [2.05, 4.69) is 109 Å². The normalized spacial score (nSPS) is 11.8. The zero-order valence-electron chi connectivity index (χ0n) is 25.6. The second-order valence-corrected chi connectivity index (χ2v) is 13.0. The monoisotopic (exact) mass is 631 g/mol. The van der Waals surface area contributed by atoms with Crippen molar-refractivity contribution in [3.05, 3.63) is 152 Å². The molecule has 0 amide bonds. The van der Waals surface area contributed by atoms with Gasteiger partial charge in [-0.15, -0.1) is 11.3 Å². The standard InChI is InChI=1S/C43H25N3OS/c1-2-10-28(11-3-1)39-31-12-4-7-15-34(31)44-42(45-39)30-24-20-27(21-25-30)26-18-22-29(23-19-26)40-37-32-13-5-8-16-35(32)47-41(37)38-33-14-6-9-17-36(33)48-43(38)46-40/h1-25H. The molecule has 4 aromatic heterocycles. The van der Waals surface area contributed by atoms with Crippen molar-refractivity contribution in [2.24, 2.45) is 0 Å². The number of pyridine rings is 1. The zero-order chi connectivity index (χ0) is 31.6. The van der Waals surface area contributed by atoms with E-state index in [1.54, 1.807) is 11.3 Å². The maximum Gasteiger partial charge on any atom is 0.160 e. The molecule has 0 saturated carbocycles. The minimum atomic E-state index is 0.716. The van der Waals surface area contributed by atoms with E-state index in [0.29, 0.717) is 5.82 Å². The van der Waals surface area contributed by atoms with E-state index in [-0.39, 0.29) is 0 Å². The molecule has 4 nitrogen and oxygen atoms in total. The molecular weight excluding hydrogens is 607 g/mol. The molecule has 0 aliphatic heterocycles. The number of para-hydroxylation sites is 2. The molecule has 0 unspecified atom stereocenters. The van der Waals surface area contributed by atoms with Gasteiger partial charge in [0.25, 0.3) is 0 Å². The van der Waals surface area contributed by atoms with Crippen molar-refractivity contribution in [3.8, 4) is 45.0 Å². The number of aromatic nitrogens is 3. The van der Waals surface area contributed by atoms with E-state index in [1.165, 1.54) is 10.1 Å². The number of fused-ring (bicyclic) bond motifs is 8. The van der Waals surface area contributed by atoms with Crippen LogP contribution in [0.25, 0.3) is 98.2 Å². The first kappa shape index (κ1) is 27.0. The van der Waals surface area contributed by atoms with E-state index in [9.17, 15) is 0 Å². The number of furan rings is 1. The maximum atomic E-state index is 6.55. The molecular formula is C43H25N3OS. The molecule has 6 aromatic carbocycles. The summed E-state index contributed by atoms with van der Waals surface area (Å²) in [6.45, 7) is 0. The highest BCUT2D eigenvalue weighted by Gasteiger charge is 2.21. The van der Waals surface area contributed by atoms with Gasteiger partial charge in [-0.3, -0.25) is 0 Å². The molecule has 0 bridgehead atoms. The fourth-order valence-electron chi connectivity index (χ4n) is 6.81. The average Bonchev–Trinajstić information content (AvgIpc) is 3.73. The Labute approximate surface area is 279 Å². The number of benzene rings is 6. The third-order valence-corrected chi connectivity index (χ3v) is 10.2. The first-order chi connectivity index (χ1) is 23.8. The van der Waals surface area contributed by atoms with E-state index < -0.39 is 0 Å². The van der Waals surface area contributed by atoms with E-state index in [1.807, 2.05) is 42.5 Å². The lowest BCUT2D eigenvalue weighted by molar-refractivity contribution is 0.673. The summed E-state index contributed by atoms with van der Waals surface area (Å²) in [5, 5.41) is 5.46. The highest BCUT2D eigenvalue weighted by atomic mass is 32.1. The molecule has 10 rings (SSSR count). The summed E-state index contributed by atoms with van der Waals surface area (Å²) < 4.78 is 7.76. The van der Waals surface area contributed by atoms with Gasteiger partial charge in [0.2, 0.25) is 0 Å². The van der Waals surface area contributed by atoms with Crippen molar-refractivity contribution in [1.82, 2.24) is 15.0 Å². The fraction of sp³-hybridized carbons (Fsp3) is 0. The second-order valence-electron chi connectivity index (χ2n) is 12.0. The van der Waals surface area contributed by atoms with Gasteiger partial charge >= 0.3 is 0 Å². The molecule has 0 N–H and O–H groups in total. The molecule has 0 radical (unpaired) electrons. The van der Waals surface area contributed by atoms with Crippen LogP contribution in [0.4, 0.5) is 0 Å². The molecule has 5 heteroatoms. The SMILES string of the molecule is c1ccc(-c2nc(-c3ccc(-c4ccc(-c5nc6sc7ccccc7c6c6oc7ccccc7c56)cc4)cc3)nc3ccccc23)cc1. The van der Waals surface area contributed by atoms with Crippen molar-refractivity contribution in [1.29, 1.82) is 0 Å². The van der Waals surface area contributed by atoms with Crippen molar-refractivity contribution >= 4 is 64.5 Å². The van der Waals surface area contributed by atoms with Crippen LogP contribution in [0, 0.1) is 0 Å². The number of thiophene rings is 1. The van der Waals surface area contributed by atoms with Crippen LogP contribution in [-0.2, 0) is 0 Å². The summed E-state index contributed by atoms with van der Waals surface area (Å²) in [4.78, 5) is 16.2. The predicted molar refractivity (Wildman–Crippen MR) is 199 cm³/mol. The van der Waals surface area contributed by atoms with Gasteiger partial charge < -0.3 is 4.42 Å². The van der Waals surface area contributed by atoms with Gasteiger partial charge in [0.15, 0.2) is 5.82 Å². The van der Waals surface area contributed by atoms with E-state index in [4.69, 9.17) is 19.4 Å². The molecule has 10 aromatic rings. The van der Waals surface area contributed by atoms with Gasteiger partial charge in [0.05, 0.1) is 27.7 Å². The quantitative estimate of drug-likeness (QED) is 0.194. The number of hydrogen-bond donors (Lipinski definition) is 0. The van der Waals surface area contributed by atoms with Crippen molar-refractivity contribution in [2.45, 2.75) is 0 Å². The Kier molecular flexibility index (Phi) is 6.01. The molecule has 4 heterocycles. The first-order valence-electron chi connectivity index (χ1n) is 15.9. The lowest BCUT2D eigenvalue weighted by atomic mass is 9.99. The van der Waals surface area contributed by atoms with Gasteiger partial charge in [0, 0.05) is 37.5 Å². The van der Waals surface area contributed by atoms with Crippen LogP contribution in [0.3, 0.4) is 0 Å². The minimum Gasteiger partial charge on any atom is -0.455 e.